The number of halogens is 2. The summed E-state index contributed by atoms with van der Waals surface area (Å²) in [4.78, 5) is 22.8. The molecular weight excluding hydrogens is 540 g/mol. The molecule has 4 heterocycles. The molecule has 0 radical (unpaired) electrons. The molecule has 0 bridgehead atoms. The molecule has 2 aliphatic heterocycles. The topological polar surface area (TPSA) is 127 Å². The molecule has 0 unspecified atom stereocenters. The zero-order chi connectivity index (χ0) is 30.0. The van der Waals surface area contributed by atoms with Crippen LogP contribution >= 0.6 is 0 Å². The van der Waals surface area contributed by atoms with E-state index in [1.54, 1.807) is 18.2 Å². The normalized spacial score (nSPS) is 18.3. The standard InChI is InChI=1S/C31H33F2N7O2/c1-17(2)8-25-21(11-34)30(22(12-35)31(39-25)38-24-6-7-36-13-18(24)3)19-4-5-27-28(9-19)42-16-29(41)40(27)15-26-23(33)10-20(32)14-37-26/h4-5,9-10,12,14,17-18,24,35-36H,6-8,13,15-16H2,1-3H3,(H,38,39)/t18-,24-/m1/s1. The molecule has 3 N–H and O–H groups in total. The van der Waals surface area contributed by atoms with Gasteiger partial charge >= 0.3 is 0 Å². The first-order valence-electron chi connectivity index (χ1n) is 14.0. The first-order valence-corrected chi connectivity index (χ1v) is 14.0. The zero-order valence-electron chi connectivity index (χ0n) is 23.8. The van der Waals surface area contributed by atoms with Crippen molar-refractivity contribution in [3.63, 3.8) is 0 Å². The van der Waals surface area contributed by atoms with Crippen molar-refractivity contribution in [1.29, 1.82) is 10.7 Å². The lowest BCUT2D eigenvalue weighted by Crippen LogP contribution is -2.42. The number of ether oxygens (including phenoxy) is 1. The number of hydrogen-bond acceptors (Lipinski definition) is 8. The maximum Gasteiger partial charge on any atom is 0.265 e. The molecule has 5 rings (SSSR count). The van der Waals surface area contributed by atoms with E-state index in [4.69, 9.17) is 15.1 Å². The average Bonchev–Trinajstić information content (AvgIpc) is 2.96. The van der Waals surface area contributed by atoms with E-state index in [2.05, 4.69) is 42.5 Å². The van der Waals surface area contributed by atoms with Crippen molar-refractivity contribution in [2.45, 2.75) is 46.2 Å². The lowest BCUT2D eigenvalue weighted by molar-refractivity contribution is -0.121. The molecule has 1 fully saturated rings. The summed E-state index contributed by atoms with van der Waals surface area (Å²) in [5, 5.41) is 25.6. The molecule has 2 aromatic heterocycles. The Morgan fingerprint density at radius 1 is 1.31 bits per heavy atom. The lowest BCUT2D eigenvalue weighted by atomic mass is 9.90. The van der Waals surface area contributed by atoms with Gasteiger partial charge in [0.1, 0.15) is 29.3 Å². The van der Waals surface area contributed by atoms with Gasteiger partial charge in [0.2, 0.25) is 0 Å². The summed E-state index contributed by atoms with van der Waals surface area (Å²) in [7, 11) is 0. The maximum absolute atomic E-state index is 14.4. The third-order valence-corrected chi connectivity index (χ3v) is 7.66. The fourth-order valence-corrected chi connectivity index (χ4v) is 5.50. The Labute approximate surface area is 243 Å². The highest BCUT2D eigenvalue weighted by Gasteiger charge is 2.30. The molecule has 2 atom stereocenters. The zero-order valence-corrected chi connectivity index (χ0v) is 23.8. The van der Waals surface area contributed by atoms with E-state index in [0.717, 1.165) is 31.8 Å². The fourth-order valence-electron chi connectivity index (χ4n) is 5.50. The van der Waals surface area contributed by atoms with Gasteiger partial charge in [-0.3, -0.25) is 14.7 Å². The van der Waals surface area contributed by atoms with Crippen LogP contribution in [0.25, 0.3) is 11.1 Å². The number of nitrogens with zero attached hydrogens (tertiary/aromatic N) is 4. The summed E-state index contributed by atoms with van der Waals surface area (Å²) in [6.07, 6.45) is 3.60. The number of amides is 1. The number of benzene rings is 1. The van der Waals surface area contributed by atoms with Gasteiger partial charge in [-0.2, -0.15) is 5.26 Å². The third kappa shape index (κ3) is 5.81. The maximum atomic E-state index is 14.4. The van der Waals surface area contributed by atoms with Gasteiger partial charge in [-0.25, -0.2) is 13.8 Å². The molecule has 218 valence electrons. The van der Waals surface area contributed by atoms with Crippen LogP contribution in [0.15, 0.2) is 30.5 Å². The lowest BCUT2D eigenvalue weighted by Gasteiger charge is -2.32. The summed E-state index contributed by atoms with van der Waals surface area (Å²) < 4.78 is 33.6. The molecule has 0 saturated carbocycles. The molecule has 9 nitrogen and oxygen atoms in total. The van der Waals surface area contributed by atoms with Gasteiger partial charge in [0.15, 0.2) is 6.61 Å². The summed E-state index contributed by atoms with van der Waals surface area (Å²) >= 11 is 0. The van der Waals surface area contributed by atoms with E-state index in [0.29, 0.717) is 57.5 Å². The molecule has 0 aliphatic carbocycles. The number of hydrogen-bond donors (Lipinski definition) is 3. The number of nitriles is 1. The molecule has 1 amide bonds. The van der Waals surface area contributed by atoms with Crippen LogP contribution in [0.5, 0.6) is 5.75 Å². The van der Waals surface area contributed by atoms with E-state index in [9.17, 15) is 18.8 Å². The minimum atomic E-state index is -0.848. The number of carbonyl (C=O) groups excluding carboxylic acids is 1. The highest BCUT2D eigenvalue weighted by atomic mass is 19.1. The van der Waals surface area contributed by atoms with Crippen LogP contribution < -0.4 is 20.3 Å². The number of rotatable bonds is 8. The minimum Gasteiger partial charge on any atom is -0.482 e. The largest absolute Gasteiger partial charge is 0.482 e. The van der Waals surface area contributed by atoms with Crippen molar-refractivity contribution in [2.24, 2.45) is 11.8 Å². The fraction of sp³-hybridized carbons (Fsp3) is 0.387. The minimum absolute atomic E-state index is 0.0742. The Kier molecular flexibility index (Phi) is 8.45. The van der Waals surface area contributed by atoms with Crippen molar-refractivity contribution in [3.05, 3.63) is 64.6 Å². The van der Waals surface area contributed by atoms with E-state index in [1.807, 2.05) is 0 Å². The van der Waals surface area contributed by atoms with Gasteiger partial charge < -0.3 is 20.8 Å². The van der Waals surface area contributed by atoms with Crippen LogP contribution in [0, 0.1) is 40.2 Å². The van der Waals surface area contributed by atoms with Gasteiger partial charge in [-0.05, 0) is 55.5 Å². The van der Waals surface area contributed by atoms with Crippen LogP contribution in [0.4, 0.5) is 20.3 Å². The SMILES string of the molecule is CC(C)Cc1nc(N[C@@H]2CCNC[C@H]2C)c(C=N)c(-c2ccc3c(c2)OCC(=O)N3Cc2ncc(F)cc2F)c1C#N. The van der Waals surface area contributed by atoms with Crippen molar-refractivity contribution < 1.29 is 18.3 Å². The molecular formula is C31H33F2N7O2. The summed E-state index contributed by atoms with van der Waals surface area (Å²) in [5.41, 5.74) is 3.02. The van der Waals surface area contributed by atoms with Crippen LogP contribution in [0.1, 0.15) is 49.7 Å². The number of fused-ring (bicyclic) bond motifs is 1. The average molecular weight is 574 g/mol. The number of carbonyl (C=O) groups is 1. The van der Waals surface area contributed by atoms with Gasteiger partial charge in [0.05, 0.1) is 35.4 Å². The van der Waals surface area contributed by atoms with E-state index in [1.165, 1.54) is 11.1 Å². The third-order valence-electron chi connectivity index (χ3n) is 7.66. The van der Waals surface area contributed by atoms with Crippen molar-refractivity contribution in [1.82, 2.24) is 15.3 Å². The Morgan fingerprint density at radius 3 is 2.81 bits per heavy atom. The van der Waals surface area contributed by atoms with Crippen molar-refractivity contribution >= 4 is 23.6 Å². The predicted molar refractivity (Wildman–Crippen MR) is 156 cm³/mol. The number of aromatic nitrogens is 2. The predicted octanol–water partition coefficient (Wildman–Crippen LogP) is 4.83. The molecule has 42 heavy (non-hydrogen) atoms. The van der Waals surface area contributed by atoms with Gasteiger partial charge in [-0.15, -0.1) is 0 Å². The molecule has 0 spiro atoms. The Morgan fingerprint density at radius 2 is 2.12 bits per heavy atom. The van der Waals surface area contributed by atoms with Crippen LogP contribution in [-0.2, 0) is 17.8 Å². The molecule has 1 saturated heterocycles. The summed E-state index contributed by atoms with van der Waals surface area (Å²) in [6, 6.07) is 8.36. The van der Waals surface area contributed by atoms with Gasteiger partial charge in [0.25, 0.3) is 5.91 Å². The summed E-state index contributed by atoms with van der Waals surface area (Å²) in [5.74, 6) is -0.556. The first-order chi connectivity index (χ1) is 20.2. The molecule has 11 heteroatoms. The second kappa shape index (κ2) is 12.2. The second-order valence-electron chi connectivity index (χ2n) is 11.2. The summed E-state index contributed by atoms with van der Waals surface area (Å²) in [6.45, 7) is 7.54. The number of nitrogens with one attached hydrogen (secondary N) is 3. The Hall–Kier alpha value is -4.43. The second-order valence-corrected chi connectivity index (χ2v) is 11.2. The van der Waals surface area contributed by atoms with E-state index < -0.39 is 17.5 Å². The Balaban J connectivity index is 1.60. The highest BCUT2D eigenvalue weighted by Crippen LogP contribution is 2.40. The number of anilines is 2. The van der Waals surface area contributed by atoms with E-state index in [-0.39, 0.29) is 30.8 Å². The van der Waals surface area contributed by atoms with Crippen LogP contribution in [0.3, 0.4) is 0 Å². The smallest absolute Gasteiger partial charge is 0.265 e. The monoisotopic (exact) mass is 573 g/mol. The van der Waals surface area contributed by atoms with Crippen LogP contribution in [-0.4, -0.2) is 47.8 Å². The highest BCUT2D eigenvalue weighted by molar-refractivity contribution is 6.00. The molecule has 2 aliphatic rings. The number of piperidine rings is 1. The van der Waals surface area contributed by atoms with Crippen LogP contribution in [0.2, 0.25) is 0 Å². The molecule has 1 aromatic carbocycles. The molecule has 3 aromatic rings. The Bertz CT molecular complexity index is 1570. The van der Waals surface area contributed by atoms with Crippen molar-refractivity contribution in [3.8, 4) is 22.9 Å². The quantitative estimate of drug-likeness (QED) is 0.330. The van der Waals surface area contributed by atoms with Gasteiger partial charge in [0, 0.05) is 29.4 Å². The van der Waals surface area contributed by atoms with Crippen molar-refractivity contribution in [2.75, 3.05) is 29.9 Å². The number of pyridine rings is 2. The van der Waals surface area contributed by atoms with E-state index >= 15 is 0 Å². The first kappa shape index (κ1) is 29.1. The van der Waals surface area contributed by atoms with Gasteiger partial charge in [-0.1, -0.05) is 26.8 Å².